The van der Waals surface area contributed by atoms with Gasteiger partial charge in [-0.15, -0.1) is 0 Å². The van der Waals surface area contributed by atoms with Gasteiger partial charge in [0.05, 0.1) is 23.4 Å². The van der Waals surface area contributed by atoms with Crippen molar-refractivity contribution >= 4 is 10.9 Å². The lowest BCUT2D eigenvalue weighted by atomic mass is 9.93. The van der Waals surface area contributed by atoms with Crippen LogP contribution in [0.25, 0.3) is 10.9 Å². The summed E-state index contributed by atoms with van der Waals surface area (Å²) in [4.78, 5) is 25.8. The van der Waals surface area contributed by atoms with E-state index in [0.717, 1.165) is 12.0 Å². The van der Waals surface area contributed by atoms with E-state index in [0.29, 0.717) is 40.4 Å². The van der Waals surface area contributed by atoms with Crippen LogP contribution in [0.15, 0.2) is 52.3 Å². The third kappa shape index (κ3) is 2.61. The van der Waals surface area contributed by atoms with Crippen LogP contribution in [-0.2, 0) is 13.0 Å². The van der Waals surface area contributed by atoms with Crippen molar-refractivity contribution in [1.82, 2.24) is 24.7 Å². The molecule has 3 heterocycles. The molecule has 0 amide bonds. The Kier molecular flexibility index (Phi) is 3.47. The van der Waals surface area contributed by atoms with Gasteiger partial charge in [-0.3, -0.25) is 14.3 Å². The molecular formula is C22H19N5O2. The summed E-state index contributed by atoms with van der Waals surface area (Å²) < 4.78 is 6.96. The second-order valence-corrected chi connectivity index (χ2v) is 8.08. The molecular weight excluding hydrogens is 366 g/mol. The highest BCUT2D eigenvalue weighted by atomic mass is 16.5. The number of pyridine rings is 1. The zero-order valence-electron chi connectivity index (χ0n) is 15.9. The highest BCUT2D eigenvalue weighted by Crippen LogP contribution is 2.63. The van der Waals surface area contributed by atoms with E-state index in [1.165, 1.54) is 28.4 Å². The summed E-state index contributed by atoms with van der Waals surface area (Å²) in [5.41, 5.74) is 4.19. The van der Waals surface area contributed by atoms with Crippen molar-refractivity contribution in [1.29, 1.82) is 0 Å². The first-order valence-corrected chi connectivity index (χ1v) is 9.89. The molecule has 2 aliphatic carbocycles. The third-order valence-corrected chi connectivity index (χ3v) is 6.30. The Bertz CT molecular complexity index is 1310. The van der Waals surface area contributed by atoms with Crippen LogP contribution in [-0.4, -0.2) is 24.7 Å². The minimum atomic E-state index is -0.125. The van der Waals surface area contributed by atoms with Gasteiger partial charge in [-0.05, 0) is 47.8 Å². The Labute approximate surface area is 166 Å². The molecule has 0 bridgehead atoms. The fourth-order valence-electron chi connectivity index (χ4n) is 4.84. The molecule has 0 aliphatic heterocycles. The van der Waals surface area contributed by atoms with Crippen LogP contribution in [0.5, 0.6) is 0 Å². The molecule has 3 atom stereocenters. The maximum atomic E-state index is 12.8. The van der Waals surface area contributed by atoms with Gasteiger partial charge in [0, 0.05) is 12.6 Å². The zero-order valence-corrected chi connectivity index (χ0v) is 15.9. The van der Waals surface area contributed by atoms with Gasteiger partial charge >= 0.3 is 0 Å². The van der Waals surface area contributed by atoms with E-state index in [9.17, 15) is 4.79 Å². The minimum Gasteiger partial charge on any atom is -0.337 e. The van der Waals surface area contributed by atoms with Crippen LogP contribution < -0.4 is 5.56 Å². The number of rotatable bonds is 4. The van der Waals surface area contributed by atoms with E-state index in [1.807, 2.05) is 6.92 Å². The Hall–Kier alpha value is -3.35. The molecule has 29 heavy (non-hydrogen) atoms. The van der Waals surface area contributed by atoms with Crippen molar-refractivity contribution in [2.45, 2.75) is 38.1 Å². The number of aromatic nitrogens is 5. The van der Waals surface area contributed by atoms with E-state index in [-0.39, 0.29) is 12.1 Å². The van der Waals surface area contributed by atoms with E-state index in [2.05, 4.69) is 44.4 Å². The third-order valence-electron chi connectivity index (χ3n) is 6.30. The van der Waals surface area contributed by atoms with Crippen LogP contribution in [0.4, 0.5) is 0 Å². The number of benzene rings is 1. The lowest BCUT2D eigenvalue weighted by molar-refractivity contribution is 0.363. The van der Waals surface area contributed by atoms with Crippen molar-refractivity contribution in [3.8, 4) is 0 Å². The largest absolute Gasteiger partial charge is 0.337 e. The average Bonchev–Trinajstić information content (AvgIpc) is 3.30. The van der Waals surface area contributed by atoms with Crippen LogP contribution >= 0.6 is 0 Å². The molecule has 3 aromatic heterocycles. The summed E-state index contributed by atoms with van der Waals surface area (Å²) in [5.74, 6) is 3.01. The molecule has 144 valence electrons. The Morgan fingerprint density at radius 1 is 1.21 bits per heavy atom. The molecule has 4 aromatic rings. The standard InChI is InChI=1S/C22H19N5O2/c1-12-8-23-9-18-21(12)22(28)27(11-24-18)10-20-25-19(26-29-20)7-17-14-5-3-2-4-13(14)15-6-16(15)17/h2-5,8-9,11,15-17H,6-7,10H2,1H3/t15?,16-,17+/m0/s1. The number of hydrogen-bond acceptors (Lipinski definition) is 6. The SMILES string of the molecule is Cc1cncc2ncn(Cc3nc(C[C@@H]4c5ccccc5C5C[C@@H]54)no3)c(=O)c12. The fourth-order valence-corrected chi connectivity index (χ4v) is 4.84. The van der Waals surface area contributed by atoms with Crippen molar-refractivity contribution in [3.05, 3.63) is 81.7 Å². The lowest BCUT2D eigenvalue weighted by Crippen LogP contribution is -2.22. The van der Waals surface area contributed by atoms with Gasteiger partial charge in [-0.25, -0.2) is 4.98 Å². The molecule has 1 fully saturated rings. The molecule has 0 N–H and O–H groups in total. The van der Waals surface area contributed by atoms with Crippen LogP contribution in [0.3, 0.4) is 0 Å². The van der Waals surface area contributed by atoms with Gasteiger partial charge in [-0.2, -0.15) is 4.98 Å². The summed E-state index contributed by atoms with van der Waals surface area (Å²) in [7, 11) is 0. The molecule has 6 rings (SSSR count). The summed E-state index contributed by atoms with van der Waals surface area (Å²) in [6.07, 6.45) is 6.82. The number of aryl methyl sites for hydroxylation is 1. The fraction of sp³-hybridized carbons (Fsp3) is 0.318. The van der Waals surface area contributed by atoms with Gasteiger partial charge in [0.25, 0.3) is 5.56 Å². The van der Waals surface area contributed by atoms with Gasteiger partial charge in [0.1, 0.15) is 6.54 Å². The molecule has 1 saturated carbocycles. The second kappa shape index (κ2) is 6.07. The van der Waals surface area contributed by atoms with Gasteiger partial charge in [-0.1, -0.05) is 29.4 Å². The van der Waals surface area contributed by atoms with E-state index >= 15 is 0 Å². The minimum absolute atomic E-state index is 0.125. The van der Waals surface area contributed by atoms with Crippen molar-refractivity contribution in [2.75, 3.05) is 0 Å². The molecule has 0 saturated heterocycles. The molecule has 1 aromatic carbocycles. The molecule has 7 nitrogen and oxygen atoms in total. The summed E-state index contributed by atoms with van der Waals surface area (Å²) >= 11 is 0. The zero-order chi connectivity index (χ0) is 19.5. The predicted octanol–water partition coefficient (Wildman–Crippen LogP) is 2.97. The normalized spacial score (nSPS) is 21.9. The van der Waals surface area contributed by atoms with Crippen LogP contribution in [0.2, 0.25) is 0 Å². The first kappa shape index (κ1) is 16.6. The van der Waals surface area contributed by atoms with Crippen LogP contribution in [0.1, 0.15) is 46.7 Å². The van der Waals surface area contributed by atoms with E-state index < -0.39 is 0 Å². The average molecular weight is 385 g/mol. The molecule has 0 spiro atoms. The molecule has 1 unspecified atom stereocenters. The molecule has 0 radical (unpaired) electrons. The summed E-state index contributed by atoms with van der Waals surface area (Å²) in [6, 6.07) is 8.70. The van der Waals surface area contributed by atoms with E-state index in [4.69, 9.17) is 4.52 Å². The Morgan fingerprint density at radius 2 is 2.07 bits per heavy atom. The van der Waals surface area contributed by atoms with Crippen molar-refractivity contribution < 1.29 is 4.52 Å². The maximum absolute atomic E-state index is 12.8. The number of fused-ring (bicyclic) bond motifs is 4. The van der Waals surface area contributed by atoms with Gasteiger partial charge < -0.3 is 4.52 Å². The van der Waals surface area contributed by atoms with Gasteiger partial charge in [0.2, 0.25) is 5.89 Å². The lowest BCUT2D eigenvalue weighted by Gasteiger charge is -2.12. The van der Waals surface area contributed by atoms with Gasteiger partial charge in [0.15, 0.2) is 5.82 Å². The smallest absolute Gasteiger partial charge is 0.262 e. The number of hydrogen-bond donors (Lipinski definition) is 0. The second-order valence-electron chi connectivity index (χ2n) is 8.08. The Morgan fingerprint density at radius 3 is 2.97 bits per heavy atom. The summed E-state index contributed by atoms with van der Waals surface area (Å²) in [5, 5.41) is 4.75. The van der Waals surface area contributed by atoms with Crippen molar-refractivity contribution in [2.24, 2.45) is 5.92 Å². The van der Waals surface area contributed by atoms with Crippen LogP contribution in [0, 0.1) is 12.8 Å². The topological polar surface area (TPSA) is 86.7 Å². The van der Waals surface area contributed by atoms with E-state index in [1.54, 1.807) is 12.4 Å². The molecule has 7 heteroatoms. The Balaban J connectivity index is 1.26. The number of nitrogens with zero attached hydrogens (tertiary/aromatic N) is 5. The molecule has 2 aliphatic rings. The quantitative estimate of drug-likeness (QED) is 0.537. The van der Waals surface area contributed by atoms with Crippen molar-refractivity contribution in [3.63, 3.8) is 0 Å². The highest BCUT2D eigenvalue weighted by molar-refractivity contribution is 5.79. The maximum Gasteiger partial charge on any atom is 0.262 e. The monoisotopic (exact) mass is 385 g/mol. The first-order chi connectivity index (χ1) is 14.2. The highest BCUT2D eigenvalue weighted by Gasteiger charge is 2.51. The summed E-state index contributed by atoms with van der Waals surface area (Å²) in [6.45, 7) is 2.07. The predicted molar refractivity (Wildman–Crippen MR) is 106 cm³/mol. The first-order valence-electron chi connectivity index (χ1n) is 9.89.